The Labute approximate surface area is 113 Å². The van der Waals surface area contributed by atoms with Gasteiger partial charge in [0.1, 0.15) is 11.4 Å². The molecule has 1 saturated carbocycles. The predicted molar refractivity (Wildman–Crippen MR) is 76.1 cm³/mol. The monoisotopic (exact) mass is 254 g/mol. The second-order valence-electron chi connectivity index (χ2n) is 4.91. The molecule has 3 rings (SSSR count). The summed E-state index contributed by atoms with van der Waals surface area (Å²) >= 11 is 0. The summed E-state index contributed by atoms with van der Waals surface area (Å²) in [4.78, 5) is 4.39. The summed E-state index contributed by atoms with van der Waals surface area (Å²) in [5, 5.41) is 3.51. The van der Waals surface area contributed by atoms with Crippen molar-refractivity contribution in [3.63, 3.8) is 0 Å². The van der Waals surface area contributed by atoms with Gasteiger partial charge in [0.25, 0.3) is 0 Å². The highest BCUT2D eigenvalue weighted by Gasteiger charge is 2.19. The first-order valence-electron chi connectivity index (χ1n) is 6.68. The van der Waals surface area contributed by atoms with Crippen molar-refractivity contribution in [2.45, 2.75) is 25.4 Å². The van der Waals surface area contributed by atoms with Crippen LogP contribution in [0.15, 0.2) is 42.6 Å². The summed E-state index contributed by atoms with van der Waals surface area (Å²) in [6.45, 7) is 0.949. The zero-order chi connectivity index (χ0) is 13.1. The Bertz CT molecular complexity index is 547. The largest absolute Gasteiger partial charge is 0.494 e. The molecule has 0 amide bonds. The van der Waals surface area contributed by atoms with E-state index in [2.05, 4.69) is 34.6 Å². The molecular formula is C16H18N2O. The molecule has 0 unspecified atom stereocenters. The molecule has 0 radical (unpaired) electrons. The van der Waals surface area contributed by atoms with Gasteiger partial charge in [-0.3, -0.25) is 4.98 Å². The van der Waals surface area contributed by atoms with Gasteiger partial charge in [-0.05, 0) is 30.5 Å². The Morgan fingerprint density at radius 1 is 1.21 bits per heavy atom. The van der Waals surface area contributed by atoms with Crippen LogP contribution in [0.25, 0.3) is 11.3 Å². The van der Waals surface area contributed by atoms with Crippen LogP contribution in [0.3, 0.4) is 0 Å². The first-order valence-corrected chi connectivity index (χ1v) is 6.68. The molecule has 1 aromatic carbocycles. The van der Waals surface area contributed by atoms with E-state index in [4.69, 9.17) is 4.74 Å². The Morgan fingerprint density at radius 2 is 2.00 bits per heavy atom. The van der Waals surface area contributed by atoms with Crippen LogP contribution in [0.2, 0.25) is 0 Å². The molecule has 3 heteroatoms. The number of methoxy groups -OCH3 is 1. The Balaban J connectivity index is 1.77. The van der Waals surface area contributed by atoms with E-state index in [1.165, 1.54) is 18.4 Å². The summed E-state index contributed by atoms with van der Waals surface area (Å²) in [5.41, 5.74) is 3.30. The molecule has 0 spiro atoms. The lowest BCUT2D eigenvalue weighted by molar-refractivity contribution is 0.415. The quantitative estimate of drug-likeness (QED) is 0.890. The Kier molecular flexibility index (Phi) is 3.47. The zero-order valence-corrected chi connectivity index (χ0v) is 11.1. The lowest BCUT2D eigenvalue weighted by Crippen LogP contribution is -2.15. The second kappa shape index (κ2) is 5.41. The summed E-state index contributed by atoms with van der Waals surface area (Å²) in [6.07, 6.45) is 4.44. The van der Waals surface area contributed by atoms with Crippen molar-refractivity contribution in [3.05, 3.63) is 48.2 Å². The lowest BCUT2D eigenvalue weighted by Gasteiger charge is -2.08. The topological polar surface area (TPSA) is 34.1 Å². The van der Waals surface area contributed by atoms with Crippen molar-refractivity contribution in [2.75, 3.05) is 7.11 Å². The third kappa shape index (κ3) is 2.93. The number of nitrogens with zero attached hydrogens (tertiary/aromatic N) is 1. The molecule has 19 heavy (non-hydrogen) atoms. The molecular weight excluding hydrogens is 236 g/mol. The molecule has 1 aromatic heterocycles. The first-order chi connectivity index (χ1) is 9.36. The van der Waals surface area contributed by atoms with Crippen molar-refractivity contribution in [1.29, 1.82) is 0 Å². The summed E-state index contributed by atoms with van der Waals surface area (Å²) in [5.74, 6) is 0.811. The first kappa shape index (κ1) is 12.2. The van der Waals surface area contributed by atoms with Crippen LogP contribution in [0, 0.1) is 0 Å². The molecule has 1 heterocycles. The number of nitrogens with one attached hydrogen (secondary N) is 1. The fourth-order valence-corrected chi connectivity index (χ4v) is 2.10. The van der Waals surface area contributed by atoms with Crippen molar-refractivity contribution < 1.29 is 4.74 Å². The van der Waals surface area contributed by atoms with Gasteiger partial charge >= 0.3 is 0 Å². The molecule has 1 aliphatic carbocycles. The summed E-state index contributed by atoms with van der Waals surface area (Å²) in [7, 11) is 1.68. The van der Waals surface area contributed by atoms with Crippen molar-refractivity contribution in [3.8, 4) is 17.0 Å². The number of pyridine rings is 1. The van der Waals surface area contributed by atoms with Gasteiger partial charge in [-0.2, -0.15) is 0 Å². The SMILES string of the molecule is COc1cccnc1-c1ccc(CNC2CC2)cc1. The zero-order valence-electron chi connectivity index (χ0n) is 11.1. The van der Waals surface area contributed by atoms with E-state index < -0.39 is 0 Å². The average Bonchev–Trinajstić information content (AvgIpc) is 3.30. The molecule has 98 valence electrons. The summed E-state index contributed by atoms with van der Waals surface area (Å²) in [6, 6.07) is 13.1. The van der Waals surface area contributed by atoms with E-state index in [9.17, 15) is 0 Å². The highest BCUT2D eigenvalue weighted by atomic mass is 16.5. The van der Waals surface area contributed by atoms with E-state index in [-0.39, 0.29) is 0 Å². The van der Waals surface area contributed by atoms with E-state index >= 15 is 0 Å². The molecule has 0 saturated heterocycles. The maximum absolute atomic E-state index is 5.34. The third-order valence-corrected chi connectivity index (χ3v) is 3.39. The minimum atomic E-state index is 0.746. The standard InChI is InChI=1S/C16H18N2O/c1-19-15-3-2-10-17-16(15)13-6-4-12(5-7-13)11-18-14-8-9-14/h2-7,10,14,18H,8-9,11H2,1H3. The normalized spacial score (nSPS) is 14.4. The molecule has 1 fully saturated rings. The molecule has 3 nitrogen and oxygen atoms in total. The predicted octanol–water partition coefficient (Wildman–Crippen LogP) is 3.01. The van der Waals surface area contributed by atoms with Crippen molar-refractivity contribution >= 4 is 0 Å². The van der Waals surface area contributed by atoms with Gasteiger partial charge in [-0.25, -0.2) is 0 Å². The van der Waals surface area contributed by atoms with Gasteiger partial charge in [0.2, 0.25) is 0 Å². The van der Waals surface area contributed by atoms with Crippen LogP contribution < -0.4 is 10.1 Å². The van der Waals surface area contributed by atoms with Gasteiger partial charge in [-0.1, -0.05) is 24.3 Å². The molecule has 1 aliphatic rings. The maximum Gasteiger partial charge on any atom is 0.145 e. The summed E-state index contributed by atoms with van der Waals surface area (Å²) < 4.78 is 5.34. The lowest BCUT2D eigenvalue weighted by atomic mass is 10.1. The molecule has 0 atom stereocenters. The van der Waals surface area contributed by atoms with Crippen LogP contribution in [-0.4, -0.2) is 18.1 Å². The van der Waals surface area contributed by atoms with Crippen LogP contribution in [0.4, 0.5) is 0 Å². The highest BCUT2D eigenvalue weighted by molar-refractivity contribution is 5.66. The minimum absolute atomic E-state index is 0.746. The van der Waals surface area contributed by atoms with Crippen LogP contribution >= 0.6 is 0 Å². The second-order valence-corrected chi connectivity index (χ2v) is 4.91. The smallest absolute Gasteiger partial charge is 0.145 e. The van der Waals surface area contributed by atoms with Gasteiger partial charge in [0.15, 0.2) is 0 Å². The molecule has 0 bridgehead atoms. The van der Waals surface area contributed by atoms with Crippen LogP contribution in [-0.2, 0) is 6.54 Å². The Morgan fingerprint density at radius 3 is 2.68 bits per heavy atom. The third-order valence-electron chi connectivity index (χ3n) is 3.39. The van der Waals surface area contributed by atoms with Crippen LogP contribution in [0.5, 0.6) is 5.75 Å². The van der Waals surface area contributed by atoms with Gasteiger partial charge in [-0.15, -0.1) is 0 Å². The van der Waals surface area contributed by atoms with Gasteiger partial charge in [0, 0.05) is 24.3 Å². The molecule has 2 aromatic rings. The molecule has 0 aliphatic heterocycles. The van der Waals surface area contributed by atoms with E-state index in [0.29, 0.717) is 0 Å². The van der Waals surface area contributed by atoms with E-state index in [1.807, 2.05) is 12.1 Å². The maximum atomic E-state index is 5.34. The minimum Gasteiger partial charge on any atom is -0.494 e. The van der Waals surface area contributed by atoms with Crippen molar-refractivity contribution in [2.24, 2.45) is 0 Å². The number of ether oxygens (including phenoxy) is 1. The van der Waals surface area contributed by atoms with Crippen LogP contribution in [0.1, 0.15) is 18.4 Å². The average molecular weight is 254 g/mol. The van der Waals surface area contributed by atoms with E-state index in [0.717, 1.165) is 29.6 Å². The number of hydrogen-bond donors (Lipinski definition) is 1. The Hall–Kier alpha value is -1.87. The van der Waals surface area contributed by atoms with Gasteiger partial charge < -0.3 is 10.1 Å². The molecule has 1 N–H and O–H groups in total. The number of rotatable bonds is 5. The fourth-order valence-electron chi connectivity index (χ4n) is 2.10. The van der Waals surface area contributed by atoms with Crippen molar-refractivity contribution in [1.82, 2.24) is 10.3 Å². The van der Waals surface area contributed by atoms with Gasteiger partial charge in [0.05, 0.1) is 7.11 Å². The number of aromatic nitrogens is 1. The number of benzene rings is 1. The fraction of sp³-hybridized carbons (Fsp3) is 0.312. The number of hydrogen-bond acceptors (Lipinski definition) is 3. The highest BCUT2D eigenvalue weighted by Crippen LogP contribution is 2.27. The van der Waals surface area contributed by atoms with E-state index in [1.54, 1.807) is 13.3 Å².